The molecule has 0 atom stereocenters. The number of fused-ring (bicyclic) bond motifs is 1. The zero-order chi connectivity index (χ0) is 14.3. The van der Waals surface area contributed by atoms with Crippen LogP contribution in [0.1, 0.15) is 5.82 Å². The fourth-order valence-electron chi connectivity index (χ4n) is 1.79. The lowest BCUT2D eigenvalue weighted by Crippen LogP contribution is -2.15. The molecule has 0 aliphatic carbocycles. The first kappa shape index (κ1) is 12.9. The number of aromatic nitrogens is 6. The van der Waals surface area contributed by atoms with Crippen LogP contribution >= 0.6 is 23.2 Å². The second-order valence-corrected chi connectivity index (χ2v) is 4.79. The van der Waals surface area contributed by atoms with Crippen LogP contribution in [0.5, 0.6) is 0 Å². The van der Waals surface area contributed by atoms with Crippen molar-refractivity contribution in [3.8, 4) is 0 Å². The molecule has 3 heterocycles. The highest BCUT2D eigenvalue weighted by molar-refractivity contribution is 6.40. The Morgan fingerprint density at radius 2 is 2.15 bits per heavy atom. The molecule has 104 valence electrons. The number of nitrogens with zero attached hydrogens (tertiary/aromatic N) is 4. The summed E-state index contributed by atoms with van der Waals surface area (Å²) in [7, 11) is 1.68. The van der Waals surface area contributed by atoms with Crippen molar-refractivity contribution >= 4 is 40.2 Å². The second-order valence-electron chi connectivity index (χ2n) is 4.06. The number of anilines is 1. The van der Waals surface area contributed by atoms with Gasteiger partial charge >= 0.3 is 0 Å². The molecular weight excluding hydrogens is 305 g/mol. The van der Waals surface area contributed by atoms with Crippen molar-refractivity contribution in [1.82, 2.24) is 29.7 Å². The fraction of sp³-hybridized carbons (Fsp3) is 0.200. The topological polar surface area (TPSA) is 104 Å². The van der Waals surface area contributed by atoms with E-state index in [1.54, 1.807) is 7.05 Å². The van der Waals surface area contributed by atoms with Gasteiger partial charge in [0.2, 0.25) is 5.95 Å². The predicted octanol–water partition coefficient (Wildman–Crippen LogP) is 1.30. The number of rotatable bonds is 3. The number of imidazole rings is 1. The van der Waals surface area contributed by atoms with E-state index < -0.39 is 0 Å². The van der Waals surface area contributed by atoms with Gasteiger partial charge in [0.1, 0.15) is 16.5 Å². The molecule has 0 radical (unpaired) electrons. The third-order valence-electron chi connectivity index (χ3n) is 2.69. The Hall–Kier alpha value is -2.06. The van der Waals surface area contributed by atoms with Gasteiger partial charge in [-0.1, -0.05) is 23.2 Å². The molecule has 0 saturated carbocycles. The van der Waals surface area contributed by atoms with Gasteiger partial charge in [0.15, 0.2) is 10.7 Å². The maximum atomic E-state index is 11.9. The molecule has 0 bridgehead atoms. The number of hydrogen-bond donors (Lipinski definition) is 3. The standard InChI is InChI=1S/C10H9Cl2N7O/c1-19-6-4(2-14-19)15-10(18-9(6)20)13-3-5-16-7(11)8(12)17-5/h2H,3H2,1H3,(H,16,17)(H2,13,15,18,20). The van der Waals surface area contributed by atoms with Crippen LogP contribution in [0.4, 0.5) is 5.95 Å². The van der Waals surface area contributed by atoms with Gasteiger partial charge in [-0.25, -0.2) is 9.97 Å². The fourth-order valence-corrected chi connectivity index (χ4v) is 2.10. The van der Waals surface area contributed by atoms with Gasteiger partial charge in [-0.05, 0) is 0 Å². The van der Waals surface area contributed by atoms with Crippen molar-refractivity contribution in [3.63, 3.8) is 0 Å². The summed E-state index contributed by atoms with van der Waals surface area (Å²) in [6.07, 6.45) is 1.52. The van der Waals surface area contributed by atoms with Gasteiger partial charge in [0.05, 0.1) is 12.7 Å². The molecule has 0 aliphatic rings. The normalized spacial score (nSPS) is 11.2. The minimum absolute atomic E-state index is 0.202. The van der Waals surface area contributed by atoms with Crippen molar-refractivity contribution in [3.05, 3.63) is 32.7 Å². The highest BCUT2D eigenvalue weighted by Crippen LogP contribution is 2.18. The van der Waals surface area contributed by atoms with Gasteiger partial charge < -0.3 is 10.3 Å². The van der Waals surface area contributed by atoms with Gasteiger partial charge in [-0.3, -0.25) is 14.5 Å². The lowest BCUT2D eigenvalue weighted by Gasteiger charge is -2.03. The highest BCUT2D eigenvalue weighted by Gasteiger charge is 2.09. The van der Waals surface area contributed by atoms with E-state index in [2.05, 4.69) is 30.4 Å². The molecule has 10 heteroatoms. The minimum atomic E-state index is -0.270. The van der Waals surface area contributed by atoms with Gasteiger partial charge in [-0.2, -0.15) is 5.10 Å². The van der Waals surface area contributed by atoms with E-state index in [1.165, 1.54) is 10.9 Å². The quantitative estimate of drug-likeness (QED) is 0.676. The summed E-state index contributed by atoms with van der Waals surface area (Å²) in [4.78, 5) is 25.5. The Kier molecular flexibility index (Phi) is 3.11. The average molecular weight is 314 g/mol. The predicted molar refractivity (Wildman–Crippen MR) is 75.1 cm³/mol. The van der Waals surface area contributed by atoms with Crippen molar-refractivity contribution < 1.29 is 0 Å². The summed E-state index contributed by atoms with van der Waals surface area (Å²) < 4.78 is 1.47. The first-order chi connectivity index (χ1) is 9.54. The van der Waals surface area contributed by atoms with E-state index in [-0.39, 0.29) is 15.9 Å². The Bertz CT molecular complexity index is 814. The SMILES string of the molecule is Cn1ncc2nc(NCc3nc(Cl)c(Cl)[nH]3)[nH]c(=O)c21. The van der Waals surface area contributed by atoms with Crippen molar-refractivity contribution in [2.24, 2.45) is 7.05 Å². The molecule has 8 nitrogen and oxygen atoms in total. The first-order valence-corrected chi connectivity index (χ1v) is 6.36. The van der Waals surface area contributed by atoms with Crippen LogP contribution in [0.2, 0.25) is 10.3 Å². The Morgan fingerprint density at radius 1 is 1.35 bits per heavy atom. The van der Waals surface area contributed by atoms with Crippen LogP contribution in [-0.4, -0.2) is 29.7 Å². The van der Waals surface area contributed by atoms with Gasteiger partial charge in [-0.15, -0.1) is 0 Å². The smallest absolute Gasteiger partial charge is 0.278 e. The van der Waals surface area contributed by atoms with Crippen LogP contribution < -0.4 is 10.9 Å². The van der Waals surface area contributed by atoms with Crippen molar-refractivity contribution in [2.75, 3.05) is 5.32 Å². The molecule has 0 unspecified atom stereocenters. The molecule has 0 aliphatic heterocycles. The molecule has 0 aromatic carbocycles. The summed E-state index contributed by atoms with van der Waals surface area (Å²) in [5, 5.41) is 7.39. The summed E-state index contributed by atoms with van der Waals surface area (Å²) in [6.45, 7) is 0.293. The highest BCUT2D eigenvalue weighted by atomic mass is 35.5. The van der Waals surface area contributed by atoms with Crippen LogP contribution in [0.25, 0.3) is 11.0 Å². The first-order valence-electron chi connectivity index (χ1n) is 5.60. The third kappa shape index (κ3) is 2.23. The van der Waals surface area contributed by atoms with Crippen molar-refractivity contribution in [2.45, 2.75) is 6.54 Å². The summed E-state index contributed by atoms with van der Waals surface area (Å²) in [5.41, 5.74) is 0.655. The second kappa shape index (κ2) is 4.80. The maximum absolute atomic E-state index is 11.9. The van der Waals surface area contributed by atoms with Crippen LogP contribution in [-0.2, 0) is 13.6 Å². The van der Waals surface area contributed by atoms with Crippen LogP contribution in [0, 0.1) is 0 Å². The molecule has 0 spiro atoms. The molecule has 0 saturated heterocycles. The van der Waals surface area contributed by atoms with E-state index in [4.69, 9.17) is 23.2 Å². The molecule has 20 heavy (non-hydrogen) atoms. The van der Waals surface area contributed by atoms with Crippen LogP contribution in [0.3, 0.4) is 0 Å². The molecular formula is C10H9Cl2N7O. The van der Waals surface area contributed by atoms with Crippen molar-refractivity contribution in [1.29, 1.82) is 0 Å². The minimum Gasteiger partial charge on any atom is -0.348 e. The third-order valence-corrected chi connectivity index (χ3v) is 3.33. The lowest BCUT2D eigenvalue weighted by molar-refractivity contribution is 0.792. The largest absolute Gasteiger partial charge is 0.348 e. The number of H-pyrrole nitrogens is 2. The molecule has 3 rings (SSSR count). The average Bonchev–Trinajstić information content (AvgIpc) is 2.92. The molecule has 0 amide bonds. The molecule has 3 aromatic heterocycles. The zero-order valence-corrected chi connectivity index (χ0v) is 11.7. The summed E-state index contributed by atoms with van der Waals surface area (Å²) >= 11 is 11.5. The molecule has 3 N–H and O–H groups in total. The van der Waals surface area contributed by atoms with E-state index in [9.17, 15) is 4.79 Å². The van der Waals surface area contributed by atoms with E-state index in [0.717, 1.165) is 0 Å². The zero-order valence-electron chi connectivity index (χ0n) is 10.2. The number of aryl methyl sites for hydroxylation is 1. The van der Waals surface area contributed by atoms with Gasteiger partial charge in [0, 0.05) is 7.05 Å². The lowest BCUT2D eigenvalue weighted by atomic mass is 10.4. The number of hydrogen-bond acceptors (Lipinski definition) is 5. The van der Waals surface area contributed by atoms with Gasteiger partial charge in [0.25, 0.3) is 5.56 Å². The van der Waals surface area contributed by atoms with Crippen LogP contribution in [0.15, 0.2) is 11.0 Å². The number of nitrogens with one attached hydrogen (secondary N) is 3. The Labute approximate surface area is 122 Å². The monoisotopic (exact) mass is 313 g/mol. The molecule has 3 aromatic rings. The Morgan fingerprint density at radius 3 is 2.85 bits per heavy atom. The Balaban J connectivity index is 1.86. The van der Waals surface area contributed by atoms with E-state index in [0.29, 0.717) is 29.4 Å². The number of halogens is 2. The summed E-state index contributed by atoms with van der Waals surface area (Å²) in [5.74, 6) is 0.855. The van der Waals surface area contributed by atoms with E-state index in [1.807, 2.05) is 0 Å². The molecule has 0 fully saturated rings. The van der Waals surface area contributed by atoms with E-state index >= 15 is 0 Å². The summed E-state index contributed by atoms with van der Waals surface area (Å²) in [6, 6.07) is 0. The maximum Gasteiger partial charge on any atom is 0.278 e. The number of aromatic amines is 2.